The van der Waals surface area contributed by atoms with Gasteiger partial charge in [0.25, 0.3) is 0 Å². The summed E-state index contributed by atoms with van der Waals surface area (Å²) in [7, 11) is 0. The molecule has 1 atom stereocenters. The minimum Gasteiger partial charge on any atom is -0.360 e. The van der Waals surface area contributed by atoms with E-state index >= 15 is 0 Å². The van der Waals surface area contributed by atoms with Gasteiger partial charge in [-0.3, -0.25) is 5.32 Å². The molecule has 1 saturated heterocycles. The fourth-order valence-corrected chi connectivity index (χ4v) is 2.99. The van der Waals surface area contributed by atoms with E-state index in [2.05, 4.69) is 34.7 Å². The zero-order valence-corrected chi connectivity index (χ0v) is 12.8. The molecule has 22 heavy (non-hydrogen) atoms. The molecule has 1 aliphatic heterocycles. The van der Waals surface area contributed by atoms with E-state index in [4.69, 9.17) is 4.52 Å². The van der Waals surface area contributed by atoms with E-state index in [1.165, 1.54) is 5.56 Å². The Bertz CT molecular complexity index is 624. The summed E-state index contributed by atoms with van der Waals surface area (Å²) >= 11 is 0. The third kappa shape index (κ3) is 3.47. The first-order valence-electron chi connectivity index (χ1n) is 7.77. The van der Waals surface area contributed by atoms with E-state index in [1.54, 1.807) is 13.0 Å². The van der Waals surface area contributed by atoms with Crippen LogP contribution in [0.3, 0.4) is 0 Å². The molecule has 0 spiro atoms. The largest absolute Gasteiger partial charge is 0.360 e. The Morgan fingerprint density at radius 1 is 1.41 bits per heavy atom. The molecule has 1 aliphatic rings. The molecule has 0 unspecified atom stereocenters. The number of nitrogens with zero attached hydrogens (tertiary/aromatic N) is 2. The molecular weight excluding hydrogens is 278 g/mol. The summed E-state index contributed by atoms with van der Waals surface area (Å²) < 4.78 is 4.98. The standard InChI is InChI=1S/C17H21N3O2/c1-13-12-16(19-22-13)18-17(21)20-11-5-8-15(20)10-9-14-6-3-2-4-7-14/h2-4,6-7,12,15H,5,8-11H2,1H3,(H,18,19,21)/t15-/m0/s1. The Morgan fingerprint density at radius 2 is 2.23 bits per heavy atom. The van der Waals surface area contributed by atoms with E-state index in [-0.39, 0.29) is 6.03 Å². The van der Waals surface area contributed by atoms with Crippen LogP contribution in [0.4, 0.5) is 10.6 Å². The molecule has 1 aromatic carbocycles. The fourth-order valence-electron chi connectivity index (χ4n) is 2.99. The van der Waals surface area contributed by atoms with Crippen molar-refractivity contribution in [1.82, 2.24) is 10.1 Å². The maximum atomic E-state index is 12.4. The normalized spacial score (nSPS) is 17.7. The lowest BCUT2D eigenvalue weighted by Gasteiger charge is -2.24. The number of hydrogen-bond donors (Lipinski definition) is 1. The van der Waals surface area contributed by atoms with Gasteiger partial charge in [0.15, 0.2) is 5.82 Å². The number of likely N-dealkylation sites (tertiary alicyclic amines) is 1. The lowest BCUT2D eigenvalue weighted by atomic mass is 10.0. The minimum absolute atomic E-state index is 0.0798. The van der Waals surface area contributed by atoms with Crippen molar-refractivity contribution in [2.75, 3.05) is 11.9 Å². The van der Waals surface area contributed by atoms with Crippen molar-refractivity contribution in [2.24, 2.45) is 0 Å². The molecule has 5 heteroatoms. The van der Waals surface area contributed by atoms with Crippen LogP contribution in [0.25, 0.3) is 0 Å². The lowest BCUT2D eigenvalue weighted by Crippen LogP contribution is -2.39. The van der Waals surface area contributed by atoms with Crippen LogP contribution in [0.1, 0.15) is 30.6 Å². The van der Waals surface area contributed by atoms with Gasteiger partial charge < -0.3 is 9.42 Å². The molecule has 1 fully saturated rings. The molecular formula is C17H21N3O2. The van der Waals surface area contributed by atoms with Crippen molar-refractivity contribution in [3.05, 3.63) is 47.7 Å². The van der Waals surface area contributed by atoms with E-state index in [1.807, 2.05) is 11.0 Å². The molecule has 1 aromatic heterocycles. The molecule has 116 valence electrons. The lowest BCUT2D eigenvalue weighted by molar-refractivity contribution is 0.203. The molecule has 2 heterocycles. The van der Waals surface area contributed by atoms with E-state index in [0.717, 1.165) is 32.2 Å². The van der Waals surface area contributed by atoms with Crippen LogP contribution >= 0.6 is 0 Å². The highest BCUT2D eigenvalue weighted by atomic mass is 16.5. The summed E-state index contributed by atoms with van der Waals surface area (Å²) in [6, 6.07) is 12.4. The molecule has 0 saturated carbocycles. The predicted molar refractivity (Wildman–Crippen MR) is 84.7 cm³/mol. The Kier molecular flexibility index (Phi) is 4.42. The third-order valence-electron chi connectivity index (χ3n) is 4.11. The summed E-state index contributed by atoms with van der Waals surface area (Å²) in [5, 5.41) is 6.63. The summed E-state index contributed by atoms with van der Waals surface area (Å²) in [6.45, 7) is 2.61. The number of urea groups is 1. The molecule has 5 nitrogen and oxygen atoms in total. The zero-order valence-electron chi connectivity index (χ0n) is 12.8. The Balaban J connectivity index is 1.56. The summed E-state index contributed by atoms with van der Waals surface area (Å²) in [6.07, 6.45) is 4.12. The van der Waals surface area contributed by atoms with Crippen molar-refractivity contribution in [1.29, 1.82) is 0 Å². The number of rotatable bonds is 4. The van der Waals surface area contributed by atoms with Crippen LogP contribution in [0.15, 0.2) is 40.9 Å². The SMILES string of the molecule is Cc1cc(NC(=O)N2CCC[C@H]2CCc2ccccc2)no1. The second-order valence-corrected chi connectivity index (χ2v) is 5.77. The topological polar surface area (TPSA) is 58.4 Å². The van der Waals surface area contributed by atoms with E-state index in [9.17, 15) is 4.79 Å². The second-order valence-electron chi connectivity index (χ2n) is 5.77. The molecule has 0 aliphatic carbocycles. The number of carbonyl (C=O) groups excluding carboxylic acids is 1. The van der Waals surface area contributed by atoms with Crippen molar-refractivity contribution in [3.63, 3.8) is 0 Å². The summed E-state index contributed by atoms with van der Waals surface area (Å²) in [5.41, 5.74) is 1.32. The average molecular weight is 299 g/mol. The molecule has 2 aromatic rings. The summed E-state index contributed by atoms with van der Waals surface area (Å²) in [5.74, 6) is 1.17. The van der Waals surface area contributed by atoms with Gasteiger partial charge in [-0.05, 0) is 38.2 Å². The monoisotopic (exact) mass is 299 g/mol. The van der Waals surface area contributed by atoms with Gasteiger partial charge in [0.2, 0.25) is 0 Å². The van der Waals surface area contributed by atoms with Crippen molar-refractivity contribution in [2.45, 2.75) is 38.6 Å². The van der Waals surface area contributed by atoms with Crippen molar-refractivity contribution >= 4 is 11.8 Å². The number of benzene rings is 1. The van der Waals surface area contributed by atoms with Gasteiger partial charge in [-0.15, -0.1) is 0 Å². The van der Waals surface area contributed by atoms with Crippen LogP contribution in [0.2, 0.25) is 0 Å². The van der Waals surface area contributed by atoms with Gasteiger partial charge in [-0.2, -0.15) is 0 Å². The third-order valence-corrected chi connectivity index (χ3v) is 4.11. The predicted octanol–water partition coefficient (Wildman–Crippen LogP) is 3.61. The van der Waals surface area contributed by atoms with Crippen molar-refractivity contribution < 1.29 is 9.32 Å². The van der Waals surface area contributed by atoms with Gasteiger partial charge in [0, 0.05) is 18.7 Å². The fraction of sp³-hybridized carbons (Fsp3) is 0.412. The first-order valence-corrected chi connectivity index (χ1v) is 7.77. The van der Waals surface area contributed by atoms with Crippen LogP contribution < -0.4 is 5.32 Å². The highest BCUT2D eigenvalue weighted by Crippen LogP contribution is 2.23. The summed E-state index contributed by atoms with van der Waals surface area (Å²) in [4.78, 5) is 14.3. The molecule has 0 radical (unpaired) electrons. The zero-order chi connectivity index (χ0) is 15.4. The molecule has 1 N–H and O–H groups in total. The Morgan fingerprint density at radius 3 is 2.95 bits per heavy atom. The second kappa shape index (κ2) is 6.64. The number of anilines is 1. The van der Waals surface area contributed by atoms with Gasteiger partial charge in [0.05, 0.1) is 0 Å². The van der Waals surface area contributed by atoms with Crippen molar-refractivity contribution in [3.8, 4) is 0 Å². The van der Waals surface area contributed by atoms with Crippen LogP contribution in [-0.4, -0.2) is 28.7 Å². The maximum Gasteiger partial charge on any atom is 0.323 e. The number of aromatic nitrogens is 1. The van der Waals surface area contributed by atoms with Crippen LogP contribution in [-0.2, 0) is 6.42 Å². The van der Waals surface area contributed by atoms with Gasteiger partial charge in [0.1, 0.15) is 5.76 Å². The first-order chi connectivity index (χ1) is 10.7. The van der Waals surface area contributed by atoms with Gasteiger partial charge in [-0.25, -0.2) is 4.79 Å². The van der Waals surface area contributed by atoms with E-state index < -0.39 is 0 Å². The number of carbonyl (C=O) groups is 1. The number of aryl methyl sites for hydroxylation is 2. The smallest absolute Gasteiger partial charge is 0.323 e. The first kappa shape index (κ1) is 14.6. The highest BCUT2D eigenvalue weighted by molar-refractivity contribution is 5.88. The quantitative estimate of drug-likeness (QED) is 0.938. The average Bonchev–Trinajstić information content (AvgIpc) is 3.15. The highest BCUT2D eigenvalue weighted by Gasteiger charge is 2.28. The maximum absolute atomic E-state index is 12.4. The Hall–Kier alpha value is -2.30. The minimum atomic E-state index is -0.0798. The van der Waals surface area contributed by atoms with Crippen LogP contribution in [0.5, 0.6) is 0 Å². The molecule has 3 rings (SSSR count). The van der Waals surface area contributed by atoms with Gasteiger partial charge in [-0.1, -0.05) is 35.5 Å². The van der Waals surface area contributed by atoms with Crippen LogP contribution in [0, 0.1) is 6.92 Å². The van der Waals surface area contributed by atoms with Gasteiger partial charge >= 0.3 is 6.03 Å². The molecule has 2 amide bonds. The number of hydrogen-bond acceptors (Lipinski definition) is 3. The Labute approximate surface area is 130 Å². The number of nitrogens with one attached hydrogen (secondary N) is 1. The molecule has 0 bridgehead atoms. The van der Waals surface area contributed by atoms with E-state index in [0.29, 0.717) is 17.6 Å². The number of amides is 2.